The van der Waals surface area contributed by atoms with E-state index >= 15 is 0 Å². The summed E-state index contributed by atoms with van der Waals surface area (Å²) in [5.74, 6) is -0.120. The highest BCUT2D eigenvalue weighted by Gasteiger charge is 2.30. The van der Waals surface area contributed by atoms with Gasteiger partial charge < -0.3 is 15.3 Å². The number of aliphatic carboxylic acids is 1. The summed E-state index contributed by atoms with van der Waals surface area (Å²) in [7, 11) is 0. The largest absolute Gasteiger partial charge is 0.481 e. The van der Waals surface area contributed by atoms with Crippen molar-refractivity contribution >= 4 is 11.9 Å². The minimum atomic E-state index is -0.632. The van der Waals surface area contributed by atoms with E-state index in [1.54, 1.807) is 0 Å². The zero-order chi connectivity index (χ0) is 20.8. The molecule has 0 radical (unpaired) electrons. The molecule has 0 unspecified atom stereocenters. The van der Waals surface area contributed by atoms with Crippen LogP contribution in [0.1, 0.15) is 36.8 Å². The monoisotopic (exact) mass is 409 g/mol. The number of carboxylic acid groups (broad SMARTS) is 1. The third kappa shape index (κ3) is 5.55. The van der Waals surface area contributed by atoms with Crippen molar-refractivity contribution in [2.24, 2.45) is 5.92 Å². The number of carboxylic acids is 1. The van der Waals surface area contributed by atoms with Gasteiger partial charge in [0.05, 0.1) is 5.92 Å². The van der Waals surface area contributed by atoms with Gasteiger partial charge >= 0.3 is 5.97 Å². The third-order valence-corrected chi connectivity index (χ3v) is 6.36. The lowest BCUT2D eigenvalue weighted by molar-refractivity contribution is -0.143. The Balaban J connectivity index is 1.19. The second kappa shape index (κ2) is 10.00. The van der Waals surface area contributed by atoms with Crippen LogP contribution in [0, 0.1) is 5.92 Å². The first kappa shape index (κ1) is 20.8. The third-order valence-electron chi connectivity index (χ3n) is 6.36. The van der Waals surface area contributed by atoms with Gasteiger partial charge in [0.1, 0.15) is 0 Å². The number of rotatable bonds is 7. The zero-order valence-corrected chi connectivity index (χ0v) is 17.4. The Bertz CT molecular complexity index is 798. The Morgan fingerprint density at radius 3 is 2.27 bits per heavy atom. The number of carbonyl (C=O) groups is 1. The molecule has 160 valence electrons. The first-order valence-corrected chi connectivity index (χ1v) is 11.0. The van der Waals surface area contributed by atoms with Gasteiger partial charge in [-0.1, -0.05) is 30.3 Å². The van der Waals surface area contributed by atoms with E-state index in [0.29, 0.717) is 12.0 Å². The summed E-state index contributed by atoms with van der Waals surface area (Å²) in [6.45, 7) is 5.58. The second-order valence-corrected chi connectivity index (χ2v) is 8.41. The molecule has 30 heavy (non-hydrogen) atoms. The van der Waals surface area contributed by atoms with Gasteiger partial charge in [0.2, 0.25) is 5.95 Å². The van der Waals surface area contributed by atoms with E-state index in [1.807, 2.05) is 30.6 Å². The number of likely N-dealkylation sites (tertiary alicyclic amines) is 2. The molecule has 0 amide bonds. The van der Waals surface area contributed by atoms with Gasteiger partial charge in [-0.2, -0.15) is 0 Å². The molecule has 2 aliphatic heterocycles. The molecular weight excluding hydrogens is 378 g/mol. The summed E-state index contributed by atoms with van der Waals surface area (Å²) in [5, 5.41) is 12.4. The van der Waals surface area contributed by atoms with Crippen LogP contribution in [-0.2, 0) is 17.9 Å². The molecular formula is C23H31N5O2. The maximum Gasteiger partial charge on any atom is 0.306 e. The van der Waals surface area contributed by atoms with Crippen molar-refractivity contribution < 1.29 is 9.90 Å². The highest BCUT2D eigenvalue weighted by atomic mass is 16.4. The summed E-state index contributed by atoms with van der Waals surface area (Å²) < 4.78 is 0. The molecule has 2 N–H and O–H groups in total. The predicted octanol–water partition coefficient (Wildman–Crippen LogP) is 2.85. The number of hydrogen-bond acceptors (Lipinski definition) is 6. The summed E-state index contributed by atoms with van der Waals surface area (Å²) in [6.07, 6.45) is 7.71. The van der Waals surface area contributed by atoms with Crippen molar-refractivity contribution in [3.05, 3.63) is 53.9 Å². The number of nitrogens with zero attached hydrogens (tertiary/aromatic N) is 4. The molecule has 0 aliphatic carbocycles. The van der Waals surface area contributed by atoms with Crippen molar-refractivity contribution in [1.29, 1.82) is 0 Å². The molecule has 0 saturated carbocycles. The quantitative estimate of drug-likeness (QED) is 0.728. The van der Waals surface area contributed by atoms with E-state index in [2.05, 4.69) is 37.2 Å². The highest BCUT2D eigenvalue weighted by Crippen LogP contribution is 2.24. The Morgan fingerprint density at radius 2 is 1.63 bits per heavy atom. The molecule has 7 nitrogen and oxygen atoms in total. The zero-order valence-electron chi connectivity index (χ0n) is 17.4. The molecule has 0 spiro atoms. The van der Waals surface area contributed by atoms with Gasteiger partial charge in [-0.25, -0.2) is 9.97 Å². The molecule has 2 aromatic rings. The predicted molar refractivity (Wildman–Crippen MR) is 116 cm³/mol. The van der Waals surface area contributed by atoms with Crippen molar-refractivity contribution in [2.45, 2.75) is 44.8 Å². The van der Waals surface area contributed by atoms with Crippen LogP contribution in [0.4, 0.5) is 5.95 Å². The lowest BCUT2D eigenvalue weighted by atomic mass is 9.93. The minimum absolute atomic E-state index is 0.147. The normalized spacial score (nSPS) is 19.6. The van der Waals surface area contributed by atoms with Crippen LogP contribution >= 0.6 is 0 Å². The molecule has 1 aromatic carbocycles. The van der Waals surface area contributed by atoms with Crippen LogP contribution < -0.4 is 5.32 Å². The smallest absolute Gasteiger partial charge is 0.306 e. The van der Waals surface area contributed by atoms with Crippen molar-refractivity contribution in [2.75, 3.05) is 31.5 Å². The molecule has 2 saturated heterocycles. The molecule has 2 fully saturated rings. The maximum absolute atomic E-state index is 11.1. The van der Waals surface area contributed by atoms with Crippen LogP contribution in [0.2, 0.25) is 0 Å². The SMILES string of the molecule is O=C(O)C1CCN(C2CCN(Cc3cnc(NCc4ccccc4)nc3)CC2)CC1. The minimum Gasteiger partial charge on any atom is -0.481 e. The molecule has 4 rings (SSSR count). The van der Waals surface area contributed by atoms with E-state index in [0.717, 1.165) is 70.5 Å². The molecule has 3 heterocycles. The van der Waals surface area contributed by atoms with Gasteiger partial charge in [0.15, 0.2) is 0 Å². The van der Waals surface area contributed by atoms with Crippen LogP contribution in [0.15, 0.2) is 42.7 Å². The van der Waals surface area contributed by atoms with Crippen LogP contribution in [0.5, 0.6) is 0 Å². The number of aromatic nitrogens is 2. The van der Waals surface area contributed by atoms with Gasteiger partial charge in [0, 0.05) is 37.1 Å². The molecule has 0 bridgehead atoms. The summed E-state index contributed by atoms with van der Waals surface area (Å²) in [6, 6.07) is 10.8. The van der Waals surface area contributed by atoms with Gasteiger partial charge in [-0.3, -0.25) is 9.69 Å². The molecule has 2 aliphatic rings. The standard InChI is InChI=1S/C23H31N5O2/c29-22(30)20-6-12-28(13-7-20)21-8-10-27(11-9-21)17-19-15-25-23(26-16-19)24-14-18-4-2-1-3-5-18/h1-5,15-16,20-21H,6-14,17H2,(H,29,30)(H,24,25,26). The number of nitrogens with one attached hydrogen (secondary N) is 1. The fraction of sp³-hybridized carbons (Fsp3) is 0.522. The van der Waals surface area contributed by atoms with E-state index in [4.69, 9.17) is 5.11 Å². The van der Waals surface area contributed by atoms with Crippen molar-refractivity contribution in [3.63, 3.8) is 0 Å². The molecule has 1 aromatic heterocycles. The number of hydrogen-bond donors (Lipinski definition) is 2. The van der Waals surface area contributed by atoms with E-state index in [9.17, 15) is 4.79 Å². The Kier molecular flexibility index (Phi) is 6.92. The van der Waals surface area contributed by atoms with E-state index in [-0.39, 0.29) is 5.92 Å². The average molecular weight is 410 g/mol. The van der Waals surface area contributed by atoms with Gasteiger partial charge in [-0.15, -0.1) is 0 Å². The van der Waals surface area contributed by atoms with Crippen molar-refractivity contribution in [3.8, 4) is 0 Å². The second-order valence-electron chi connectivity index (χ2n) is 8.41. The van der Waals surface area contributed by atoms with Crippen LogP contribution in [-0.4, -0.2) is 63.1 Å². The Morgan fingerprint density at radius 1 is 0.967 bits per heavy atom. The Labute approximate surface area is 178 Å². The van der Waals surface area contributed by atoms with Gasteiger partial charge in [0.25, 0.3) is 0 Å². The lowest BCUT2D eigenvalue weighted by Gasteiger charge is -2.41. The highest BCUT2D eigenvalue weighted by molar-refractivity contribution is 5.70. The topological polar surface area (TPSA) is 81.6 Å². The average Bonchev–Trinajstić information content (AvgIpc) is 2.80. The van der Waals surface area contributed by atoms with E-state index in [1.165, 1.54) is 5.56 Å². The summed E-state index contributed by atoms with van der Waals surface area (Å²) in [5.41, 5.74) is 2.35. The first-order valence-electron chi connectivity index (χ1n) is 11.0. The van der Waals surface area contributed by atoms with E-state index < -0.39 is 5.97 Å². The molecule has 0 atom stereocenters. The first-order chi connectivity index (χ1) is 14.7. The number of benzene rings is 1. The number of piperidine rings is 2. The fourth-order valence-electron chi connectivity index (χ4n) is 4.52. The lowest BCUT2D eigenvalue weighted by Crippen LogP contribution is -2.48. The summed E-state index contributed by atoms with van der Waals surface area (Å²) >= 11 is 0. The Hall–Kier alpha value is -2.51. The number of anilines is 1. The van der Waals surface area contributed by atoms with Crippen molar-refractivity contribution in [1.82, 2.24) is 19.8 Å². The summed E-state index contributed by atoms with van der Waals surface area (Å²) in [4.78, 5) is 25.0. The van der Waals surface area contributed by atoms with Gasteiger partial charge in [-0.05, 0) is 57.4 Å². The van der Waals surface area contributed by atoms with Crippen LogP contribution in [0.3, 0.4) is 0 Å². The van der Waals surface area contributed by atoms with Crippen LogP contribution in [0.25, 0.3) is 0 Å². The fourth-order valence-corrected chi connectivity index (χ4v) is 4.52. The molecule has 7 heteroatoms. The maximum atomic E-state index is 11.1.